The molecule has 0 amide bonds. The van der Waals surface area contributed by atoms with Gasteiger partial charge in [0, 0.05) is 55.6 Å². The summed E-state index contributed by atoms with van der Waals surface area (Å²) in [6.07, 6.45) is 6.51. The molecular weight excluding hydrogens is 542 g/mol. The predicted octanol–water partition coefficient (Wildman–Crippen LogP) is 4.75. The van der Waals surface area contributed by atoms with Gasteiger partial charge in [0.2, 0.25) is 0 Å². The fraction of sp³-hybridized carbons (Fsp3) is 0.538. The molecule has 3 aromatic heterocycles. The summed E-state index contributed by atoms with van der Waals surface area (Å²) in [6.45, 7) is 7.69. The van der Waals surface area contributed by atoms with Crippen LogP contribution in [-0.2, 0) is 17.9 Å². The number of carboxylic acids is 1. The van der Waals surface area contributed by atoms with E-state index in [0.717, 1.165) is 70.9 Å². The van der Waals surface area contributed by atoms with Crippen LogP contribution in [0.25, 0.3) is 10.6 Å². The predicted molar refractivity (Wildman–Crippen MR) is 154 cm³/mol. The molecule has 12 heteroatoms. The van der Waals surface area contributed by atoms with Gasteiger partial charge in [0.15, 0.2) is 5.13 Å². The molecule has 2 N–H and O–H groups in total. The van der Waals surface area contributed by atoms with Gasteiger partial charge >= 0.3 is 5.97 Å². The molecule has 3 aromatic rings. The van der Waals surface area contributed by atoms with Gasteiger partial charge in [0.25, 0.3) is 0 Å². The number of rotatable bonds is 12. The molecule has 0 bridgehead atoms. The first kappa shape index (κ1) is 27.3. The van der Waals surface area contributed by atoms with E-state index in [1.54, 1.807) is 22.7 Å². The lowest BCUT2D eigenvalue weighted by atomic mass is 10.2. The number of hydrogen-bond acceptors (Lipinski definition) is 10. The van der Waals surface area contributed by atoms with Crippen molar-refractivity contribution in [1.29, 1.82) is 0 Å². The van der Waals surface area contributed by atoms with Gasteiger partial charge in [-0.05, 0) is 38.8 Å². The molecule has 0 aromatic carbocycles. The second kappa shape index (κ2) is 12.3. The zero-order valence-electron chi connectivity index (χ0n) is 21.8. The highest BCUT2D eigenvalue weighted by atomic mass is 35.5. The number of anilines is 2. The lowest BCUT2D eigenvalue weighted by Crippen LogP contribution is -2.52. The topological polar surface area (TPSA) is 97.7 Å². The maximum absolute atomic E-state index is 10.9. The standard InChI is InChI=1S/C26H34ClN7O2S2/c1-17-13-34(8-7-33(17)6-5-24(35)36)23-12-28-20(10-29-23)11-30-26-31-25(21-9-19(27)16-37-21)22(38-26)15-32(2)14-18-3-4-18/h9-10,12,16-18H,3-8,11,13-15H2,1-2H3,(H,30,31)(H,35,36)/t17-/m1/s1. The van der Waals surface area contributed by atoms with Gasteiger partial charge < -0.3 is 20.2 Å². The van der Waals surface area contributed by atoms with Crippen molar-refractivity contribution in [3.05, 3.63) is 39.4 Å². The van der Waals surface area contributed by atoms with Crippen molar-refractivity contribution >= 4 is 51.2 Å². The van der Waals surface area contributed by atoms with Crippen molar-refractivity contribution in [3.63, 3.8) is 0 Å². The van der Waals surface area contributed by atoms with E-state index in [0.29, 0.717) is 13.1 Å². The van der Waals surface area contributed by atoms with E-state index >= 15 is 0 Å². The number of nitrogens with one attached hydrogen (secondary N) is 1. The van der Waals surface area contributed by atoms with Gasteiger partial charge in [0.05, 0.1) is 46.6 Å². The minimum Gasteiger partial charge on any atom is -0.481 e. The molecule has 38 heavy (non-hydrogen) atoms. The molecule has 1 saturated heterocycles. The first-order valence-electron chi connectivity index (χ1n) is 13.0. The van der Waals surface area contributed by atoms with E-state index in [9.17, 15) is 4.79 Å². The average molecular weight is 576 g/mol. The van der Waals surface area contributed by atoms with Crippen molar-refractivity contribution in [2.75, 3.05) is 50.0 Å². The highest BCUT2D eigenvalue weighted by Crippen LogP contribution is 2.37. The lowest BCUT2D eigenvalue weighted by molar-refractivity contribution is -0.137. The van der Waals surface area contributed by atoms with Crippen molar-refractivity contribution in [2.45, 2.75) is 45.3 Å². The number of aliphatic carboxylic acids is 1. The second-order valence-electron chi connectivity index (χ2n) is 10.3. The van der Waals surface area contributed by atoms with E-state index in [-0.39, 0.29) is 12.5 Å². The maximum atomic E-state index is 10.9. The van der Waals surface area contributed by atoms with Crippen molar-refractivity contribution in [1.82, 2.24) is 24.8 Å². The molecule has 2 aliphatic rings. The van der Waals surface area contributed by atoms with Gasteiger partial charge in [-0.1, -0.05) is 11.6 Å². The molecule has 1 aliphatic heterocycles. The normalized spacial score (nSPS) is 18.3. The van der Waals surface area contributed by atoms with E-state index in [4.69, 9.17) is 21.7 Å². The number of aromatic nitrogens is 3. The third-order valence-electron chi connectivity index (χ3n) is 6.99. The Morgan fingerprint density at radius 1 is 1.29 bits per heavy atom. The molecule has 0 spiro atoms. The summed E-state index contributed by atoms with van der Waals surface area (Å²) in [5.41, 5.74) is 1.86. The molecular formula is C26H34ClN7O2S2. The summed E-state index contributed by atoms with van der Waals surface area (Å²) in [5.74, 6) is 0.943. The van der Waals surface area contributed by atoms with Crippen LogP contribution in [0.1, 0.15) is 36.8 Å². The Morgan fingerprint density at radius 3 is 2.79 bits per heavy atom. The van der Waals surface area contributed by atoms with Gasteiger partial charge in [0.1, 0.15) is 5.82 Å². The van der Waals surface area contributed by atoms with Crippen LogP contribution in [0.4, 0.5) is 10.9 Å². The zero-order chi connectivity index (χ0) is 26.6. The molecule has 1 atom stereocenters. The monoisotopic (exact) mass is 575 g/mol. The van der Waals surface area contributed by atoms with Crippen molar-refractivity contribution < 1.29 is 9.90 Å². The third kappa shape index (κ3) is 7.20. The molecule has 1 aliphatic carbocycles. The first-order valence-corrected chi connectivity index (χ1v) is 15.1. The third-order valence-corrected chi connectivity index (χ3v) is 9.28. The Morgan fingerprint density at radius 2 is 2.13 bits per heavy atom. The Balaban J connectivity index is 1.19. The number of thiazole rings is 1. The number of hydrogen-bond donors (Lipinski definition) is 2. The van der Waals surface area contributed by atoms with Crippen LogP contribution in [0, 0.1) is 5.92 Å². The van der Waals surface area contributed by atoms with Crippen LogP contribution in [0.3, 0.4) is 0 Å². The highest BCUT2D eigenvalue weighted by molar-refractivity contribution is 7.17. The van der Waals surface area contributed by atoms with Crippen LogP contribution < -0.4 is 10.2 Å². The summed E-state index contributed by atoms with van der Waals surface area (Å²) in [4.78, 5) is 34.3. The van der Waals surface area contributed by atoms with Gasteiger partial charge in [-0.15, -0.1) is 22.7 Å². The summed E-state index contributed by atoms with van der Waals surface area (Å²) in [5, 5.41) is 16.0. The second-order valence-corrected chi connectivity index (χ2v) is 12.7. The van der Waals surface area contributed by atoms with Gasteiger partial charge in [-0.2, -0.15) is 0 Å². The number of carboxylic acid groups (broad SMARTS) is 1. The molecule has 5 rings (SSSR count). The molecule has 9 nitrogen and oxygen atoms in total. The number of halogens is 1. The van der Waals surface area contributed by atoms with E-state index in [1.165, 1.54) is 17.7 Å². The molecule has 0 radical (unpaired) electrons. The fourth-order valence-corrected chi connectivity index (χ4v) is 6.97. The molecule has 0 unspecified atom stereocenters. The van der Waals surface area contributed by atoms with Crippen LogP contribution >= 0.6 is 34.3 Å². The van der Waals surface area contributed by atoms with E-state index < -0.39 is 5.97 Å². The zero-order valence-corrected chi connectivity index (χ0v) is 24.2. The summed E-state index contributed by atoms with van der Waals surface area (Å²) in [6, 6.07) is 2.26. The van der Waals surface area contributed by atoms with E-state index in [1.807, 2.05) is 23.8 Å². The minimum absolute atomic E-state index is 0.173. The summed E-state index contributed by atoms with van der Waals surface area (Å²) >= 11 is 9.54. The Kier molecular flexibility index (Phi) is 8.79. The summed E-state index contributed by atoms with van der Waals surface area (Å²) < 4.78 is 0. The molecule has 2 fully saturated rings. The summed E-state index contributed by atoms with van der Waals surface area (Å²) in [7, 11) is 2.18. The van der Waals surface area contributed by atoms with Crippen LogP contribution in [0.15, 0.2) is 23.8 Å². The quantitative estimate of drug-likeness (QED) is 0.317. The molecule has 204 valence electrons. The van der Waals surface area contributed by atoms with Gasteiger partial charge in [-0.3, -0.25) is 14.7 Å². The smallest absolute Gasteiger partial charge is 0.304 e. The first-order chi connectivity index (χ1) is 18.3. The average Bonchev–Trinajstić information content (AvgIpc) is 3.45. The number of piperazine rings is 1. The Bertz CT molecular complexity index is 1230. The number of carbonyl (C=O) groups is 1. The molecule has 4 heterocycles. The van der Waals surface area contributed by atoms with Crippen molar-refractivity contribution in [3.8, 4) is 10.6 Å². The SMILES string of the molecule is C[C@@H]1CN(c2cnc(CNc3nc(-c4cc(Cl)cs4)c(CN(C)CC4CC4)s3)cn2)CCN1CCC(=O)O. The highest BCUT2D eigenvalue weighted by Gasteiger charge is 2.26. The number of thiophene rings is 1. The minimum atomic E-state index is -0.753. The maximum Gasteiger partial charge on any atom is 0.304 e. The molecule has 1 saturated carbocycles. The van der Waals surface area contributed by atoms with Crippen LogP contribution in [0.5, 0.6) is 0 Å². The van der Waals surface area contributed by atoms with Crippen LogP contribution in [-0.4, -0.2) is 81.6 Å². The largest absolute Gasteiger partial charge is 0.481 e. The van der Waals surface area contributed by atoms with E-state index in [2.05, 4.69) is 44.0 Å². The van der Waals surface area contributed by atoms with Crippen molar-refractivity contribution in [2.24, 2.45) is 5.92 Å². The lowest BCUT2D eigenvalue weighted by Gasteiger charge is -2.40. The fourth-order valence-electron chi connectivity index (χ4n) is 4.76. The van der Waals surface area contributed by atoms with Gasteiger partial charge in [-0.25, -0.2) is 9.97 Å². The number of nitrogens with zero attached hydrogens (tertiary/aromatic N) is 6. The Hall–Kier alpha value is -2.31. The van der Waals surface area contributed by atoms with Crippen LogP contribution in [0.2, 0.25) is 5.02 Å². The Labute approximate surface area is 236 Å².